The number of hydrogen-bond acceptors (Lipinski definition) is 7. The lowest BCUT2D eigenvalue weighted by atomic mass is 9.89. The first-order valence-electron chi connectivity index (χ1n) is 12.4. The highest BCUT2D eigenvalue weighted by molar-refractivity contribution is 6.15. The van der Waals surface area contributed by atoms with Gasteiger partial charge >= 0.3 is 5.97 Å². The van der Waals surface area contributed by atoms with Gasteiger partial charge in [-0.25, -0.2) is 9.78 Å². The van der Waals surface area contributed by atoms with Crippen molar-refractivity contribution in [3.8, 4) is 0 Å². The van der Waals surface area contributed by atoms with Crippen LogP contribution in [0.4, 0.5) is 17.2 Å². The van der Waals surface area contributed by atoms with Crippen LogP contribution in [0, 0.1) is 0 Å². The maximum Gasteiger partial charge on any atom is 0.339 e. The Hall–Kier alpha value is -3.46. The topological polar surface area (TPSA) is 95.1 Å². The normalized spacial score (nSPS) is 19.4. The van der Waals surface area contributed by atoms with E-state index in [0.717, 1.165) is 37.4 Å². The molecular formula is C26H31N5O4. The molecule has 0 atom stereocenters. The number of piperazine rings is 1. The standard InChI is InChI=1S/C26H31N5O4/c1-2-35-24(33)19-9-10-22(27-17-19)30-15-13-29(14-16-30)18-23(32)31-21-8-4-3-7-20(21)28-25(34)26(31)11-5-6-12-26/h3-4,7-10,17H,2,5-6,11-16,18H2,1H3,(H,28,34). The van der Waals surface area contributed by atoms with Gasteiger partial charge in [0.2, 0.25) is 5.91 Å². The average Bonchev–Trinajstić information content (AvgIpc) is 3.36. The van der Waals surface area contributed by atoms with Gasteiger partial charge in [0.1, 0.15) is 11.4 Å². The van der Waals surface area contributed by atoms with E-state index in [0.29, 0.717) is 43.8 Å². The first-order valence-corrected chi connectivity index (χ1v) is 12.4. The number of nitrogens with zero attached hydrogens (tertiary/aromatic N) is 4. The van der Waals surface area contributed by atoms with Crippen LogP contribution in [0.25, 0.3) is 0 Å². The van der Waals surface area contributed by atoms with Gasteiger partial charge in [0, 0.05) is 32.4 Å². The summed E-state index contributed by atoms with van der Waals surface area (Å²) in [6.45, 7) is 5.24. The van der Waals surface area contributed by atoms with Crippen LogP contribution in [0.2, 0.25) is 0 Å². The summed E-state index contributed by atoms with van der Waals surface area (Å²) in [7, 11) is 0. The molecule has 1 aromatic carbocycles. The Balaban J connectivity index is 1.25. The van der Waals surface area contributed by atoms with Crippen LogP contribution < -0.4 is 15.1 Å². The van der Waals surface area contributed by atoms with Crippen LogP contribution in [0.1, 0.15) is 43.0 Å². The molecule has 0 bridgehead atoms. The fourth-order valence-electron chi connectivity index (χ4n) is 5.43. The highest BCUT2D eigenvalue weighted by Gasteiger charge is 2.52. The van der Waals surface area contributed by atoms with Gasteiger partial charge in [-0.3, -0.25) is 19.4 Å². The summed E-state index contributed by atoms with van der Waals surface area (Å²) in [5.74, 6) is 0.335. The molecule has 1 saturated heterocycles. The first kappa shape index (κ1) is 23.3. The third-order valence-corrected chi connectivity index (χ3v) is 7.24. The molecule has 0 unspecified atom stereocenters. The molecule has 9 nitrogen and oxygen atoms in total. The summed E-state index contributed by atoms with van der Waals surface area (Å²) in [6.07, 6.45) is 4.82. The van der Waals surface area contributed by atoms with Gasteiger partial charge in [-0.15, -0.1) is 0 Å². The van der Waals surface area contributed by atoms with E-state index < -0.39 is 5.54 Å². The summed E-state index contributed by atoms with van der Waals surface area (Å²) < 4.78 is 5.02. The van der Waals surface area contributed by atoms with E-state index in [2.05, 4.69) is 20.1 Å². The van der Waals surface area contributed by atoms with Crippen molar-refractivity contribution < 1.29 is 19.1 Å². The third kappa shape index (κ3) is 4.36. The second-order valence-corrected chi connectivity index (χ2v) is 9.33. The maximum absolute atomic E-state index is 13.7. The summed E-state index contributed by atoms with van der Waals surface area (Å²) >= 11 is 0. The number of para-hydroxylation sites is 2. The molecule has 9 heteroatoms. The highest BCUT2D eigenvalue weighted by atomic mass is 16.5. The van der Waals surface area contributed by atoms with Gasteiger partial charge < -0.3 is 15.0 Å². The number of hydrogen-bond donors (Lipinski definition) is 1. The number of aromatic nitrogens is 1. The fraction of sp³-hybridized carbons (Fsp3) is 0.462. The van der Waals surface area contributed by atoms with Crippen LogP contribution in [-0.4, -0.2) is 72.5 Å². The maximum atomic E-state index is 13.7. The third-order valence-electron chi connectivity index (χ3n) is 7.24. The van der Waals surface area contributed by atoms with E-state index in [1.807, 2.05) is 30.3 Å². The van der Waals surface area contributed by atoms with Crippen molar-refractivity contribution >= 4 is 35.0 Å². The van der Waals surface area contributed by atoms with E-state index in [4.69, 9.17) is 4.74 Å². The summed E-state index contributed by atoms with van der Waals surface area (Å²) in [6, 6.07) is 11.1. The molecule has 2 aliphatic heterocycles. The zero-order valence-electron chi connectivity index (χ0n) is 20.0. The largest absolute Gasteiger partial charge is 0.462 e. The van der Waals surface area contributed by atoms with Gasteiger partial charge in [0.25, 0.3) is 5.91 Å². The molecule has 2 amide bonds. The van der Waals surface area contributed by atoms with E-state index in [9.17, 15) is 14.4 Å². The molecule has 2 fully saturated rings. The Morgan fingerprint density at radius 1 is 1.06 bits per heavy atom. The zero-order valence-corrected chi connectivity index (χ0v) is 20.0. The van der Waals surface area contributed by atoms with Crippen molar-refractivity contribution in [2.45, 2.75) is 38.1 Å². The van der Waals surface area contributed by atoms with Crippen molar-refractivity contribution in [2.24, 2.45) is 0 Å². The number of rotatable bonds is 5. The number of amides is 2. The van der Waals surface area contributed by atoms with Crippen molar-refractivity contribution in [1.82, 2.24) is 9.88 Å². The van der Waals surface area contributed by atoms with Crippen LogP contribution >= 0.6 is 0 Å². The SMILES string of the molecule is CCOC(=O)c1ccc(N2CCN(CC(=O)N3c4ccccc4NC(=O)C34CCCC4)CC2)nc1. The van der Waals surface area contributed by atoms with Crippen molar-refractivity contribution in [2.75, 3.05) is 54.4 Å². The Kier molecular flexibility index (Phi) is 6.42. The molecule has 3 aliphatic rings. The lowest BCUT2D eigenvalue weighted by Gasteiger charge is -2.45. The molecule has 3 heterocycles. The van der Waals surface area contributed by atoms with Gasteiger partial charge in [-0.05, 0) is 44.0 Å². The highest BCUT2D eigenvalue weighted by Crippen LogP contribution is 2.45. The second-order valence-electron chi connectivity index (χ2n) is 9.33. The number of pyridine rings is 1. The molecule has 5 rings (SSSR count). The summed E-state index contributed by atoms with van der Waals surface area (Å²) in [5, 5.41) is 3.03. The minimum atomic E-state index is -0.780. The Morgan fingerprint density at radius 3 is 2.49 bits per heavy atom. The van der Waals surface area contributed by atoms with E-state index in [1.54, 1.807) is 24.1 Å². The summed E-state index contributed by atoms with van der Waals surface area (Å²) in [5.41, 5.74) is 1.15. The minimum Gasteiger partial charge on any atom is -0.462 e. The second kappa shape index (κ2) is 9.65. The van der Waals surface area contributed by atoms with E-state index in [-0.39, 0.29) is 24.3 Å². The number of anilines is 3. The first-order chi connectivity index (χ1) is 17.0. The number of benzene rings is 1. The summed E-state index contributed by atoms with van der Waals surface area (Å²) in [4.78, 5) is 49.2. The van der Waals surface area contributed by atoms with Gasteiger partial charge in [-0.1, -0.05) is 25.0 Å². The molecule has 1 spiro atoms. The van der Waals surface area contributed by atoms with Crippen molar-refractivity contribution in [1.29, 1.82) is 0 Å². The number of nitrogens with one attached hydrogen (secondary N) is 1. The monoisotopic (exact) mass is 477 g/mol. The molecule has 1 N–H and O–H groups in total. The molecule has 0 radical (unpaired) electrons. The van der Waals surface area contributed by atoms with Crippen LogP contribution in [0.3, 0.4) is 0 Å². The predicted molar refractivity (Wildman–Crippen MR) is 133 cm³/mol. The van der Waals surface area contributed by atoms with Crippen LogP contribution in [0.15, 0.2) is 42.6 Å². The van der Waals surface area contributed by atoms with Crippen molar-refractivity contribution in [3.63, 3.8) is 0 Å². The smallest absolute Gasteiger partial charge is 0.339 e. The molecule has 184 valence electrons. The molecule has 2 aromatic rings. The van der Waals surface area contributed by atoms with Gasteiger partial charge in [0.15, 0.2) is 0 Å². The molecule has 1 saturated carbocycles. The molecular weight excluding hydrogens is 446 g/mol. The fourth-order valence-corrected chi connectivity index (χ4v) is 5.43. The number of carbonyl (C=O) groups excluding carboxylic acids is 3. The lowest BCUT2D eigenvalue weighted by Crippen LogP contribution is -2.62. The molecule has 35 heavy (non-hydrogen) atoms. The number of esters is 1. The van der Waals surface area contributed by atoms with Gasteiger partial charge in [-0.2, -0.15) is 0 Å². The quantitative estimate of drug-likeness (QED) is 0.662. The molecule has 1 aromatic heterocycles. The van der Waals surface area contributed by atoms with E-state index >= 15 is 0 Å². The van der Waals surface area contributed by atoms with Crippen LogP contribution in [0.5, 0.6) is 0 Å². The Morgan fingerprint density at radius 2 is 1.80 bits per heavy atom. The van der Waals surface area contributed by atoms with Gasteiger partial charge in [0.05, 0.1) is 30.1 Å². The van der Waals surface area contributed by atoms with Crippen LogP contribution in [-0.2, 0) is 14.3 Å². The average molecular weight is 478 g/mol. The Bertz CT molecular complexity index is 1100. The zero-order chi connectivity index (χ0) is 24.4. The lowest BCUT2D eigenvalue weighted by molar-refractivity contribution is -0.128. The van der Waals surface area contributed by atoms with Crippen molar-refractivity contribution in [3.05, 3.63) is 48.2 Å². The predicted octanol–water partition coefficient (Wildman–Crippen LogP) is 2.68. The minimum absolute atomic E-state index is 0.0282. The molecule has 1 aliphatic carbocycles. The number of ether oxygens (including phenoxy) is 1. The Labute approximate surface area is 205 Å². The number of carbonyl (C=O) groups is 3. The van der Waals surface area contributed by atoms with E-state index in [1.165, 1.54) is 0 Å². The number of fused-ring (bicyclic) bond motifs is 1.